The predicted octanol–water partition coefficient (Wildman–Crippen LogP) is 2.29. The first-order valence-electron chi connectivity index (χ1n) is 6.54. The zero-order chi connectivity index (χ0) is 16.1. The lowest BCUT2D eigenvalue weighted by Crippen LogP contribution is -2.25. The van der Waals surface area contributed by atoms with Gasteiger partial charge >= 0.3 is 0 Å². The van der Waals surface area contributed by atoms with E-state index in [0.29, 0.717) is 13.0 Å². The second kappa shape index (κ2) is 6.66. The molecule has 1 amide bonds. The van der Waals surface area contributed by atoms with Crippen molar-refractivity contribution in [1.82, 2.24) is 5.32 Å². The average molecular weight is 303 g/mol. The molecule has 0 heterocycles. The number of benzene rings is 2. The van der Waals surface area contributed by atoms with Crippen LogP contribution in [0.1, 0.15) is 15.9 Å². The molecule has 0 saturated heterocycles. The van der Waals surface area contributed by atoms with Crippen LogP contribution in [0, 0.1) is 15.9 Å². The molecule has 0 aliphatic rings. The largest absolute Gasteiger partial charge is 0.393 e. The molecule has 2 rings (SSSR count). The summed E-state index contributed by atoms with van der Waals surface area (Å²) >= 11 is 0. The van der Waals surface area contributed by atoms with Crippen molar-refractivity contribution in [3.8, 4) is 0 Å². The number of hydrogen-bond donors (Lipinski definition) is 2. The summed E-state index contributed by atoms with van der Waals surface area (Å²) < 4.78 is 13.0. The number of nitro groups is 1. The molecule has 22 heavy (non-hydrogen) atoms. The fraction of sp³-hybridized carbons (Fsp3) is 0.133. The zero-order valence-electron chi connectivity index (χ0n) is 11.6. The first kappa shape index (κ1) is 15.4. The fourth-order valence-electron chi connectivity index (χ4n) is 1.96. The van der Waals surface area contributed by atoms with Gasteiger partial charge in [-0.25, -0.2) is 4.39 Å². The third-order valence-corrected chi connectivity index (χ3v) is 3.08. The minimum atomic E-state index is -0.640. The first-order valence-corrected chi connectivity index (χ1v) is 6.54. The molecule has 3 N–H and O–H groups in total. The van der Waals surface area contributed by atoms with Gasteiger partial charge in [0.25, 0.3) is 11.6 Å². The van der Waals surface area contributed by atoms with Crippen molar-refractivity contribution in [1.29, 1.82) is 0 Å². The summed E-state index contributed by atoms with van der Waals surface area (Å²) in [5, 5.41) is 13.4. The zero-order valence-corrected chi connectivity index (χ0v) is 11.6. The number of amides is 1. The average Bonchev–Trinajstić information content (AvgIpc) is 2.47. The van der Waals surface area contributed by atoms with E-state index in [9.17, 15) is 19.3 Å². The molecule has 0 bridgehead atoms. The third kappa shape index (κ3) is 3.78. The second-order valence-corrected chi connectivity index (χ2v) is 4.67. The Morgan fingerprint density at radius 3 is 2.73 bits per heavy atom. The lowest BCUT2D eigenvalue weighted by Gasteiger charge is -2.06. The van der Waals surface area contributed by atoms with Gasteiger partial charge in [-0.05, 0) is 36.2 Å². The summed E-state index contributed by atoms with van der Waals surface area (Å²) in [5.41, 5.74) is 6.07. The Labute approximate surface area is 125 Å². The van der Waals surface area contributed by atoms with Gasteiger partial charge in [0.05, 0.1) is 4.92 Å². The van der Waals surface area contributed by atoms with Crippen molar-refractivity contribution in [3.63, 3.8) is 0 Å². The maximum atomic E-state index is 13.0. The summed E-state index contributed by atoms with van der Waals surface area (Å²) in [7, 11) is 0. The molecule has 0 aliphatic heterocycles. The smallest absolute Gasteiger partial charge is 0.292 e. The van der Waals surface area contributed by atoms with Crippen LogP contribution in [0.3, 0.4) is 0 Å². The van der Waals surface area contributed by atoms with Crippen LogP contribution in [0.5, 0.6) is 0 Å². The number of carbonyl (C=O) groups excluding carboxylic acids is 1. The third-order valence-electron chi connectivity index (χ3n) is 3.08. The Kier molecular flexibility index (Phi) is 4.67. The fourth-order valence-corrected chi connectivity index (χ4v) is 1.96. The topological polar surface area (TPSA) is 98.3 Å². The minimum absolute atomic E-state index is 0.00121. The number of nitro benzene ring substituents is 1. The van der Waals surface area contributed by atoms with E-state index in [1.165, 1.54) is 24.3 Å². The number of nitrogens with zero attached hydrogens (tertiary/aromatic N) is 1. The van der Waals surface area contributed by atoms with E-state index in [1.54, 1.807) is 12.1 Å². The van der Waals surface area contributed by atoms with Crippen LogP contribution in [-0.4, -0.2) is 17.4 Å². The van der Waals surface area contributed by atoms with Gasteiger partial charge in [-0.3, -0.25) is 14.9 Å². The highest BCUT2D eigenvalue weighted by molar-refractivity contribution is 5.95. The highest BCUT2D eigenvalue weighted by Gasteiger charge is 2.15. The molecular formula is C15H14FN3O3. The first-order chi connectivity index (χ1) is 10.5. The number of halogens is 1. The monoisotopic (exact) mass is 303 g/mol. The van der Waals surface area contributed by atoms with E-state index >= 15 is 0 Å². The van der Waals surface area contributed by atoms with Crippen LogP contribution in [0.2, 0.25) is 0 Å². The van der Waals surface area contributed by atoms with Crippen LogP contribution in [0.25, 0.3) is 0 Å². The van der Waals surface area contributed by atoms with E-state index in [2.05, 4.69) is 5.32 Å². The number of carbonyl (C=O) groups is 1. The van der Waals surface area contributed by atoms with Crippen LogP contribution < -0.4 is 11.1 Å². The van der Waals surface area contributed by atoms with Crippen LogP contribution in [-0.2, 0) is 6.42 Å². The highest BCUT2D eigenvalue weighted by atomic mass is 19.1. The van der Waals surface area contributed by atoms with Crippen molar-refractivity contribution in [2.45, 2.75) is 6.42 Å². The molecular weight excluding hydrogens is 289 g/mol. The Morgan fingerprint density at radius 2 is 2.05 bits per heavy atom. The van der Waals surface area contributed by atoms with Gasteiger partial charge in [0.15, 0.2) is 0 Å². The quantitative estimate of drug-likeness (QED) is 0.503. The lowest BCUT2D eigenvalue weighted by atomic mass is 10.1. The van der Waals surface area contributed by atoms with E-state index in [-0.39, 0.29) is 22.8 Å². The maximum absolute atomic E-state index is 13.0. The van der Waals surface area contributed by atoms with Crippen LogP contribution >= 0.6 is 0 Å². The SMILES string of the molecule is Nc1ccc(C(=O)NCCc2cccc(F)c2)cc1[N+](=O)[O-]. The second-order valence-electron chi connectivity index (χ2n) is 4.67. The van der Waals surface area contributed by atoms with E-state index in [1.807, 2.05) is 0 Å². The number of rotatable bonds is 5. The molecule has 7 heteroatoms. The Bertz CT molecular complexity index is 719. The number of nitrogens with two attached hydrogens (primary N) is 1. The molecule has 0 spiro atoms. The van der Waals surface area contributed by atoms with Gasteiger partial charge in [-0.2, -0.15) is 0 Å². The molecule has 0 saturated carbocycles. The van der Waals surface area contributed by atoms with Gasteiger partial charge < -0.3 is 11.1 Å². The summed E-state index contributed by atoms with van der Waals surface area (Å²) in [6.45, 7) is 0.292. The summed E-state index contributed by atoms with van der Waals surface area (Å²) in [6, 6.07) is 9.95. The van der Waals surface area contributed by atoms with Crippen LogP contribution in [0.15, 0.2) is 42.5 Å². The van der Waals surface area contributed by atoms with Gasteiger partial charge in [-0.15, -0.1) is 0 Å². The normalized spacial score (nSPS) is 10.2. The maximum Gasteiger partial charge on any atom is 0.292 e. The van der Waals surface area contributed by atoms with Crippen molar-refractivity contribution in [2.24, 2.45) is 0 Å². The summed E-state index contributed by atoms with van der Waals surface area (Å²) in [4.78, 5) is 22.1. The molecule has 114 valence electrons. The van der Waals surface area contributed by atoms with Crippen molar-refractivity contribution >= 4 is 17.3 Å². The molecule has 0 aromatic heterocycles. The van der Waals surface area contributed by atoms with Gasteiger partial charge in [0, 0.05) is 18.2 Å². The van der Waals surface area contributed by atoms with Gasteiger partial charge in [-0.1, -0.05) is 12.1 Å². The molecule has 2 aromatic carbocycles. The van der Waals surface area contributed by atoms with E-state index in [0.717, 1.165) is 11.6 Å². The molecule has 0 fully saturated rings. The van der Waals surface area contributed by atoms with Crippen molar-refractivity contribution < 1.29 is 14.1 Å². The number of nitrogen functional groups attached to an aromatic ring is 1. The summed E-state index contributed by atoms with van der Waals surface area (Å²) in [5.74, 6) is -0.780. The van der Waals surface area contributed by atoms with Gasteiger partial charge in [0.1, 0.15) is 11.5 Å². The number of nitrogens with one attached hydrogen (secondary N) is 1. The number of anilines is 1. The van der Waals surface area contributed by atoms with Crippen molar-refractivity contribution in [2.75, 3.05) is 12.3 Å². The molecule has 0 atom stereocenters. The summed E-state index contributed by atoms with van der Waals surface area (Å²) in [6.07, 6.45) is 0.459. The minimum Gasteiger partial charge on any atom is -0.393 e. The van der Waals surface area contributed by atoms with Crippen LogP contribution in [0.4, 0.5) is 15.8 Å². The molecule has 0 unspecified atom stereocenters. The number of hydrogen-bond acceptors (Lipinski definition) is 4. The molecule has 0 radical (unpaired) electrons. The Balaban J connectivity index is 1.98. The van der Waals surface area contributed by atoms with Gasteiger partial charge in [0.2, 0.25) is 0 Å². The molecule has 0 aliphatic carbocycles. The molecule has 6 nitrogen and oxygen atoms in total. The Hall–Kier alpha value is -2.96. The van der Waals surface area contributed by atoms with E-state index in [4.69, 9.17) is 5.73 Å². The Morgan fingerprint density at radius 1 is 1.27 bits per heavy atom. The highest BCUT2D eigenvalue weighted by Crippen LogP contribution is 2.22. The van der Waals surface area contributed by atoms with Crippen molar-refractivity contribution in [3.05, 3.63) is 69.5 Å². The standard InChI is InChI=1S/C15H14FN3O3/c16-12-3-1-2-10(8-12)6-7-18-15(20)11-4-5-13(17)14(9-11)19(21)22/h1-5,8-9H,6-7,17H2,(H,18,20). The lowest BCUT2D eigenvalue weighted by molar-refractivity contribution is -0.383. The predicted molar refractivity (Wildman–Crippen MR) is 79.9 cm³/mol. The molecule has 2 aromatic rings. The van der Waals surface area contributed by atoms with E-state index < -0.39 is 10.8 Å².